The highest BCUT2D eigenvalue weighted by atomic mass is 16.6. The average molecular weight is 539 g/mol. The molecule has 204 valence electrons. The van der Waals surface area contributed by atoms with E-state index in [9.17, 15) is 15.2 Å². The van der Waals surface area contributed by atoms with Crippen LogP contribution in [0.1, 0.15) is 29.5 Å². The second-order valence-corrected chi connectivity index (χ2v) is 9.74. The molecule has 1 fully saturated rings. The number of benzene rings is 3. The van der Waals surface area contributed by atoms with Crippen molar-refractivity contribution >= 4 is 35.4 Å². The number of nitro groups is 1. The third-order valence-corrected chi connectivity index (χ3v) is 6.81. The first-order valence-electron chi connectivity index (χ1n) is 13.1. The first-order valence-corrected chi connectivity index (χ1v) is 13.1. The lowest BCUT2D eigenvalue weighted by molar-refractivity contribution is -0.385. The molecule has 0 spiro atoms. The number of rotatable bonds is 9. The predicted octanol–water partition coefficient (Wildman–Crippen LogP) is 5.44. The van der Waals surface area contributed by atoms with E-state index in [1.165, 1.54) is 30.0 Å². The normalized spacial score (nSPS) is 13.9. The molecule has 3 N–H and O–H groups in total. The summed E-state index contributed by atoms with van der Waals surface area (Å²) < 4.78 is 0. The summed E-state index contributed by atoms with van der Waals surface area (Å²) in [4.78, 5) is 26.3. The summed E-state index contributed by atoms with van der Waals surface area (Å²) in [7, 11) is 0. The number of nitrogens with one attached hydrogen (secondary N) is 2. The number of aromatic hydroxyl groups is 1. The number of nitrogens with zero attached hydrogens (tertiary/aromatic N) is 6. The van der Waals surface area contributed by atoms with Crippen molar-refractivity contribution in [3.05, 3.63) is 99.6 Å². The molecule has 5 rings (SSSR count). The fourth-order valence-electron chi connectivity index (χ4n) is 4.62. The number of phenolic OH excluding ortho intramolecular Hbond substituents is 1. The van der Waals surface area contributed by atoms with Crippen molar-refractivity contribution < 1.29 is 10.0 Å². The monoisotopic (exact) mass is 538 g/mol. The Morgan fingerprint density at radius 3 is 2.45 bits per heavy atom. The van der Waals surface area contributed by atoms with Crippen LogP contribution >= 0.6 is 0 Å². The van der Waals surface area contributed by atoms with Gasteiger partial charge in [0.25, 0.3) is 0 Å². The molecule has 3 aromatic carbocycles. The van der Waals surface area contributed by atoms with E-state index < -0.39 is 16.4 Å². The zero-order valence-electron chi connectivity index (χ0n) is 22.1. The molecule has 4 aromatic rings. The number of phenols is 1. The minimum absolute atomic E-state index is 0.189. The number of aromatic nitrogens is 3. The third-order valence-electron chi connectivity index (χ3n) is 6.81. The molecule has 2 heterocycles. The van der Waals surface area contributed by atoms with Gasteiger partial charge in [0.1, 0.15) is 0 Å². The van der Waals surface area contributed by atoms with Crippen molar-refractivity contribution in [1.29, 1.82) is 0 Å². The molecule has 0 bridgehead atoms. The van der Waals surface area contributed by atoms with Crippen molar-refractivity contribution in [3.63, 3.8) is 0 Å². The Morgan fingerprint density at radius 2 is 1.73 bits per heavy atom. The summed E-state index contributed by atoms with van der Waals surface area (Å²) in [6.45, 7) is 3.65. The molecule has 1 aliphatic heterocycles. The van der Waals surface area contributed by atoms with Crippen LogP contribution in [-0.2, 0) is 6.42 Å². The van der Waals surface area contributed by atoms with Crippen molar-refractivity contribution in [3.8, 4) is 5.75 Å². The van der Waals surface area contributed by atoms with Crippen molar-refractivity contribution in [2.24, 2.45) is 11.0 Å². The lowest BCUT2D eigenvalue weighted by Gasteiger charge is -2.32. The van der Waals surface area contributed by atoms with Crippen LogP contribution < -0.4 is 15.6 Å². The highest BCUT2D eigenvalue weighted by Gasteiger charge is 2.23. The molecule has 11 nitrogen and oxygen atoms in total. The largest absolute Gasteiger partial charge is 0.502 e. The number of hydrazone groups is 1. The molecule has 40 heavy (non-hydrogen) atoms. The summed E-state index contributed by atoms with van der Waals surface area (Å²) in [6, 6.07) is 22.7. The van der Waals surface area contributed by atoms with Crippen LogP contribution in [0, 0.1) is 23.0 Å². The van der Waals surface area contributed by atoms with Gasteiger partial charge in [-0.05, 0) is 55.9 Å². The average Bonchev–Trinajstić information content (AvgIpc) is 2.96. The van der Waals surface area contributed by atoms with Crippen LogP contribution in [0.2, 0.25) is 0 Å². The molecule has 1 saturated heterocycles. The summed E-state index contributed by atoms with van der Waals surface area (Å²) in [5.41, 5.74) is 5.90. The quantitative estimate of drug-likeness (QED) is 0.144. The summed E-state index contributed by atoms with van der Waals surface area (Å²) in [5.74, 6) is 1.21. The fraction of sp³-hybridized carbons (Fsp3) is 0.241. The molecule has 0 unspecified atom stereocenters. The van der Waals surface area contributed by atoms with Gasteiger partial charge in [-0.25, -0.2) is 5.43 Å². The lowest BCUT2D eigenvalue weighted by Crippen LogP contribution is -2.35. The van der Waals surface area contributed by atoms with E-state index in [1.807, 2.05) is 37.3 Å². The van der Waals surface area contributed by atoms with Crippen LogP contribution in [0.25, 0.3) is 0 Å². The number of aryl methyl sites for hydroxylation is 1. The van der Waals surface area contributed by atoms with Gasteiger partial charge in [0, 0.05) is 30.4 Å². The minimum Gasteiger partial charge on any atom is -0.502 e. The van der Waals surface area contributed by atoms with E-state index in [-0.39, 0.29) is 11.5 Å². The number of anilines is 4. The second-order valence-electron chi connectivity index (χ2n) is 9.74. The van der Waals surface area contributed by atoms with E-state index in [2.05, 4.69) is 60.0 Å². The van der Waals surface area contributed by atoms with Gasteiger partial charge < -0.3 is 15.3 Å². The molecule has 0 saturated carbocycles. The first-order chi connectivity index (χ1) is 19.4. The molecular weight excluding hydrogens is 508 g/mol. The topological polar surface area (TPSA) is 142 Å². The Morgan fingerprint density at radius 1 is 1.00 bits per heavy atom. The van der Waals surface area contributed by atoms with E-state index in [0.29, 0.717) is 17.8 Å². The second kappa shape index (κ2) is 12.2. The van der Waals surface area contributed by atoms with Gasteiger partial charge >= 0.3 is 5.69 Å². The van der Waals surface area contributed by atoms with E-state index in [1.54, 1.807) is 0 Å². The Balaban J connectivity index is 1.34. The number of hydrogen-bond acceptors (Lipinski definition) is 10. The number of piperidine rings is 1. The Hall–Kier alpha value is -5.06. The van der Waals surface area contributed by atoms with Crippen molar-refractivity contribution in [2.75, 3.05) is 28.7 Å². The molecule has 0 atom stereocenters. The maximum absolute atomic E-state index is 11.1. The van der Waals surface area contributed by atoms with Crippen molar-refractivity contribution in [2.45, 2.75) is 26.2 Å². The van der Waals surface area contributed by atoms with Crippen LogP contribution in [0.4, 0.5) is 29.2 Å². The molecule has 0 aliphatic carbocycles. The van der Waals surface area contributed by atoms with Gasteiger partial charge in [-0.3, -0.25) is 10.1 Å². The minimum atomic E-state index is -0.648. The Labute approximate surface area is 231 Å². The number of hydrogen-bond donors (Lipinski definition) is 3. The number of nitro benzene ring substituents is 1. The third kappa shape index (κ3) is 6.68. The van der Waals surface area contributed by atoms with Crippen LogP contribution in [-0.4, -0.2) is 44.3 Å². The zero-order chi connectivity index (χ0) is 27.9. The molecule has 1 aliphatic rings. The van der Waals surface area contributed by atoms with Gasteiger partial charge in [-0.15, -0.1) is 0 Å². The number of para-hydroxylation sites is 1. The lowest BCUT2D eigenvalue weighted by atomic mass is 9.90. The van der Waals surface area contributed by atoms with Crippen LogP contribution in [0.15, 0.2) is 77.9 Å². The van der Waals surface area contributed by atoms with Gasteiger partial charge in [0.05, 0.1) is 11.1 Å². The standard InChI is InChI=1S/C29H30N8O3/c1-20-10-12-24(13-11-20)31-27-32-28(35-30-19-23-8-5-9-25(26(23)38)37(39)40)34-29(33-27)36-16-14-22(15-17-36)18-21-6-3-2-4-7-21/h2-13,19,22,38H,14-18H2,1H3,(H2,31,32,33,34,35)/b30-19-. The molecule has 11 heteroatoms. The van der Waals surface area contributed by atoms with E-state index >= 15 is 0 Å². The predicted molar refractivity (Wildman–Crippen MR) is 155 cm³/mol. The maximum atomic E-state index is 11.1. The zero-order valence-corrected chi connectivity index (χ0v) is 22.1. The van der Waals surface area contributed by atoms with Crippen LogP contribution in [0.5, 0.6) is 5.75 Å². The Bertz CT molecular complexity index is 1490. The van der Waals surface area contributed by atoms with Gasteiger partial charge in [0.2, 0.25) is 23.6 Å². The van der Waals surface area contributed by atoms with E-state index in [0.717, 1.165) is 43.6 Å². The summed E-state index contributed by atoms with van der Waals surface area (Å²) >= 11 is 0. The summed E-state index contributed by atoms with van der Waals surface area (Å²) in [6.07, 6.45) is 4.38. The smallest absolute Gasteiger partial charge is 0.311 e. The SMILES string of the molecule is Cc1ccc(Nc2nc(N/N=C\c3cccc([N+](=O)[O-])c3O)nc(N3CCC(Cc4ccccc4)CC3)n2)cc1. The van der Waals surface area contributed by atoms with E-state index in [4.69, 9.17) is 0 Å². The fourth-order valence-corrected chi connectivity index (χ4v) is 4.62. The molecule has 1 aromatic heterocycles. The molecular formula is C29H30N8O3. The maximum Gasteiger partial charge on any atom is 0.311 e. The van der Waals surface area contributed by atoms with Gasteiger partial charge in [0.15, 0.2) is 0 Å². The molecule has 0 amide bonds. The van der Waals surface area contributed by atoms with Crippen molar-refractivity contribution in [1.82, 2.24) is 15.0 Å². The Kier molecular flexibility index (Phi) is 8.10. The highest BCUT2D eigenvalue weighted by molar-refractivity contribution is 5.85. The van der Waals surface area contributed by atoms with Crippen LogP contribution in [0.3, 0.4) is 0 Å². The first kappa shape index (κ1) is 26.5. The molecule has 0 radical (unpaired) electrons. The van der Waals surface area contributed by atoms with Gasteiger partial charge in [-0.2, -0.15) is 20.1 Å². The summed E-state index contributed by atoms with van der Waals surface area (Å²) in [5, 5.41) is 28.7. The van der Waals surface area contributed by atoms with Gasteiger partial charge in [-0.1, -0.05) is 54.1 Å². The highest BCUT2D eigenvalue weighted by Crippen LogP contribution is 2.28.